The summed E-state index contributed by atoms with van der Waals surface area (Å²) >= 11 is 4.76. The molecule has 3 unspecified atom stereocenters. The van der Waals surface area contributed by atoms with E-state index in [0.717, 1.165) is 12.8 Å². The first-order valence-corrected chi connectivity index (χ1v) is 11.6. The van der Waals surface area contributed by atoms with Crippen LogP contribution in [0.5, 0.6) is 0 Å². The number of hydrogen-bond acceptors (Lipinski definition) is 4. The van der Waals surface area contributed by atoms with Crippen molar-refractivity contribution in [3.63, 3.8) is 0 Å². The molecule has 2 aliphatic rings. The first-order valence-electron chi connectivity index (χ1n) is 11.1. The minimum atomic E-state index is -0.635. The Bertz CT molecular complexity index is 439. The lowest BCUT2D eigenvalue weighted by atomic mass is 9.81. The Balaban J connectivity index is 1.96. The molecule has 0 saturated heterocycles. The molecule has 0 heterocycles. The highest BCUT2D eigenvalue weighted by molar-refractivity contribution is 7.81. The highest BCUT2D eigenvalue weighted by Gasteiger charge is 2.32. The monoisotopic (exact) mass is 399 g/mol. The molecule has 2 saturated carbocycles. The smallest absolute Gasteiger partial charge is 0.407 e. The van der Waals surface area contributed by atoms with Crippen molar-refractivity contribution in [2.24, 2.45) is 11.8 Å². The molecular weight excluding hydrogens is 358 g/mol. The van der Waals surface area contributed by atoms with Crippen LogP contribution in [0.2, 0.25) is 0 Å². The van der Waals surface area contributed by atoms with Gasteiger partial charge in [0.1, 0.15) is 5.60 Å². The lowest BCUT2D eigenvalue weighted by Gasteiger charge is -2.34. The average Bonchev–Trinajstić information content (AvgIpc) is 2.60. The normalized spacial score (nSPS) is 23.4. The summed E-state index contributed by atoms with van der Waals surface area (Å²) in [6, 6.07) is -0.283. The molecule has 2 N–H and O–H groups in total. The molecule has 27 heavy (non-hydrogen) atoms. The van der Waals surface area contributed by atoms with Gasteiger partial charge in [-0.05, 0) is 45.4 Å². The van der Waals surface area contributed by atoms with Crippen LogP contribution < -0.4 is 5.32 Å². The molecule has 5 heteroatoms. The van der Waals surface area contributed by atoms with Crippen LogP contribution in [0.4, 0.5) is 4.79 Å². The second-order valence-electron chi connectivity index (χ2n) is 9.79. The van der Waals surface area contributed by atoms with Gasteiger partial charge >= 0.3 is 6.09 Å². The van der Waals surface area contributed by atoms with E-state index >= 15 is 0 Å². The van der Waals surface area contributed by atoms with Crippen molar-refractivity contribution in [2.45, 2.75) is 121 Å². The SMILES string of the molecule is CC(C)(C)OC(=O)NC(CC1CCCCC1)C(O)C(S)CC1CCCCC1. The highest BCUT2D eigenvalue weighted by Crippen LogP contribution is 2.32. The van der Waals surface area contributed by atoms with Crippen LogP contribution in [0.25, 0.3) is 0 Å². The van der Waals surface area contributed by atoms with Gasteiger partial charge in [0.25, 0.3) is 0 Å². The third-order valence-corrected chi connectivity index (χ3v) is 6.64. The maximum absolute atomic E-state index is 12.4. The quantitative estimate of drug-likeness (QED) is 0.497. The predicted octanol–water partition coefficient (Wildman–Crippen LogP) is 5.48. The molecule has 0 aromatic carbocycles. The molecule has 0 bridgehead atoms. The zero-order valence-electron chi connectivity index (χ0n) is 17.6. The second-order valence-corrected chi connectivity index (χ2v) is 10.5. The van der Waals surface area contributed by atoms with Crippen LogP contribution in [-0.4, -0.2) is 34.2 Å². The van der Waals surface area contributed by atoms with E-state index in [2.05, 4.69) is 5.32 Å². The van der Waals surface area contributed by atoms with Crippen molar-refractivity contribution in [3.8, 4) is 0 Å². The Labute approximate surface area is 171 Å². The second kappa shape index (κ2) is 10.9. The molecule has 0 radical (unpaired) electrons. The Kier molecular flexibility index (Phi) is 9.27. The Morgan fingerprint density at radius 3 is 1.96 bits per heavy atom. The number of amides is 1. The number of hydrogen-bond donors (Lipinski definition) is 3. The van der Waals surface area contributed by atoms with Crippen LogP contribution in [0.1, 0.15) is 97.8 Å². The van der Waals surface area contributed by atoms with E-state index < -0.39 is 17.8 Å². The first kappa shape index (κ1) is 22.9. The third kappa shape index (κ3) is 8.64. The molecular formula is C22H41NO3S. The largest absolute Gasteiger partial charge is 0.444 e. The number of alkyl carbamates (subject to hydrolysis) is 1. The van der Waals surface area contributed by atoms with E-state index in [4.69, 9.17) is 17.4 Å². The van der Waals surface area contributed by atoms with Gasteiger partial charge in [-0.1, -0.05) is 64.2 Å². The molecule has 2 aliphatic carbocycles. The van der Waals surface area contributed by atoms with E-state index in [9.17, 15) is 9.90 Å². The van der Waals surface area contributed by atoms with E-state index in [1.54, 1.807) is 0 Å². The van der Waals surface area contributed by atoms with Crippen LogP contribution in [-0.2, 0) is 4.74 Å². The van der Waals surface area contributed by atoms with Gasteiger partial charge in [-0.2, -0.15) is 12.6 Å². The molecule has 158 valence electrons. The summed E-state index contributed by atoms with van der Waals surface area (Å²) in [5.41, 5.74) is -0.535. The van der Waals surface area contributed by atoms with Crippen LogP contribution >= 0.6 is 12.6 Å². The van der Waals surface area contributed by atoms with Gasteiger partial charge in [0.2, 0.25) is 0 Å². The molecule has 0 aromatic heterocycles. The van der Waals surface area contributed by atoms with Crippen molar-refractivity contribution in [3.05, 3.63) is 0 Å². The summed E-state index contributed by atoms with van der Waals surface area (Å²) in [4.78, 5) is 12.4. The fourth-order valence-corrected chi connectivity index (χ4v) is 5.20. The summed E-state index contributed by atoms with van der Waals surface area (Å²) in [5, 5.41) is 13.9. The highest BCUT2D eigenvalue weighted by atomic mass is 32.1. The fourth-order valence-electron chi connectivity index (χ4n) is 4.70. The van der Waals surface area contributed by atoms with E-state index in [0.29, 0.717) is 11.8 Å². The van der Waals surface area contributed by atoms with Gasteiger partial charge < -0.3 is 15.2 Å². The number of nitrogens with one attached hydrogen (secondary N) is 1. The molecule has 3 atom stereocenters. The maximum Gasteiger partial charge on any atom is 0.407 e. The van der Waals surface area contributed by atoms with Crippen molar-refractivity contribution in [1.82, 2.24) is 5.32 Å². The van der Waals surface area contributed by atoms with Gasteiger partial charge in [-0.25, -0.2) is 4.79 Å². The molecule has 1 amide bonds. The van der Waals surface area contributed by atoms with Crippen molar-refractivity contribution < 1.29 is 14.6 Å². The van der Waals surface area contributed by atoms with Crippen LogP contribution in [0.3, 0.4) is 0 Å². The lowest BCUT2D eigenvalue weighted by Crippen LogP contribution is -2.50. The Morgan fingerprint density at radius 2 is 1.48 bits per heavy atom. The Morgan fingerprint density at radius 1 is 1.00 bits per heavy atom. The first-order chi connectivity index (χ1) is 12.7. The molecule has 0 aliphatic heterocycles. The Hall–Kier alpha value is -0.420. The van der Waals surface area contributed by atoms with Gasteiger partial charge in [-0.15, -0.1) is 0 Å². The summed E-state index contributed by atoms with van der Waals surface area (Å²) in [6.45, 7) is 5.59. The summed E-state index contributed by atoms with van der Waals surface area (Å²) in [7, 11) is 0. The zero-order valence-corrected chi connectivity index (χ0v) is 18.5. The minimum absolute atomic E-state index is 0.100. The summed E-state index contributed by atoms with van der Waals surface area (Å²) in [6.07, 6.45) is 13.3. The number of carbonyl (C=O) groups excluding carboxylic acids is 1. The van der Waals surface area contributed by atoms with Crippen molar-refractivity contribution >= 4 is 18.7 Å². The molecule has 0 spiro atoms. The molecule has 0 aromatic rings. The average molecular weight is 400 g/mol. The van der Waals surface area contributed by atoms with Crippen LogP contribution in [0.15, 0.2) is 0 Å². The zero-order chi connectivity index (χ0) is 19.9. The number of rotatable bonds is 7. The number of carbonyl (C=O) groups is 1. The summed E-state index contributed by atoms with van der Waals surface area (Å²) < 4.78 is 5.45. The van der Waals surface area contributed by atoms with Crippen molar-refractivity contribution in [1.29, 1.82) is 0 Å². The third-order valence-electron chi connectivity index (χ3n) is 6.12. The lowest BCUT2D eigenvalue weighted by molar-refractivity contribution is 0.0379. The van der Waals surface area contributed by atoms with E-state index in [-0.39, 0.29) is 11.3 Å². The maximum atomic E-state index is 12.4. The number of aliphatic hydroxyl groups is 1. The standard InChI is InChI=1S/C22H41NO3S/c1-22(2,3)26-21(25)23-18(14-16-10-6-4-7-11-16)20(24)19(27)15-17-12-8-5-9-13-17/h16-20,24,27H,4-15H2,1-3H3,(H,23,25). The number of aliphatic hydroxyl groups excluding tert-OH is 1. The van der Waals surface area contributed by atoms with Gasteiger partial charge in [0.05, 0.1) is 12.1 Å². The molecule has 4 nitrogen and oxygen atoms in total. The predicted molar refractivity (Wildman–Crippen MR) is 114 cm³/mol. The topological polar surface area (TPSA) is 58.6 Å². The fraction of sp³-hybridized carbons (Fsp3) is 0.955. The molecule has 2 rings (SSSR count). The van der Waals surface area contributed by atoms with Crippen LogP contribution in [0, 0.1) is 11.8 Å². The number of thiol groups is 1. The minimum Gasteiger partial charge on any atom is -0.444 e. The molecule has 2 fully saturated rings. The van der Waals surface area contributed by atoms with Crippen molar-refractivity contribution in [2.75, 3.05) is 0 Å². The van der Waals surface area contributed by atoms with Gasteiger partial charge in [0.15, 0.2) is 0 Å². The van der Waals surface area contributed by atoms with E-state index in [1.165, 1.54) is 64.2 Å². The van der Waals surface area contributed by atoms with E-state index in [1.807, 2.05) is 20.8 Å². The number of ether oxygens (including phenoxy) is 1. The summed E-state index contributed by atoms with van der Waals surface area (Å²) in [5.74, 6) is 1.23. The van der Waals surface area contributed by atoms with Gasteiger partial charge in [0, 0.05) is 5.25 Å². The van der Waals surface area contributed by atoms with Gasteiger partial charge in [-0.3, -0.25) is 0 Å².